The number of hydrogen-bond acceptors (Lipinski definition) is 4. The number of hydrogen-bond donors (Lipinski definition) is 1. The van der Waals surface area contributed by atoms with Crippen molar-refractivity contribution < 1.29 is 14.3 Å². The first-order valence-electron chi connectivity index (χ1n) is 10.6. The Hall–Kier alpha value is -1.56. The number of anilines is 1. The molecule has 6 heteroatoms. The molecular formula is C23H38N2O3S. The van der Waals surface area contributed by atoms with Gasteiger partial charge in [-0.05, 0) is 69.7 Å². The number of ether oxygens (including phenoxy) is 1. The normalized spacial score (nSPS) is 23.1. The number of piperidine rings is 1. The fraction of sp³-hybridized carbons (Fsp3) is 0.739. The lowest BCUT2D eigenvalue weighted by atomic mass is 9.64. The summed E-state index contributed by atoms with van der Waals surface area (Å²) in [4.78, 5) is 29.9. The third-order valence-electron chi connectivity index (χ3n) is 6.01. The van der Waals surface area contributed by atoms with E-state index in [2.05, 4.69) is 38.4 Å². The van der Waals surface area contributed by atoms with Gasteiger partial charge in [-0.1, -0.05) is 34.1 Å². The number of aryl methyl sites for hydroxylation is 2. The lowest BCUT2D eigenvalue weighted by Crippen LogP contribution is -2.69. The van der Waals surface area contributed by atoms with Crippen LogP contribution in [0.5, 0.6) is 0 Å². The molecule has 1 aromatic heterocycles. The van der Waals surface area contributed by atoms with Crippen LogP contribution < -0.4 is 5.32 Å². The van der Waals surface area contributed by atoms with E-state index in [4.69, 9.17) is 4.74 Å². The molecule has 164 valence electrons. The third kappa shape index (κ3) is 4.79. The number of likely N-dealkylation sites (tertiary alicyclic amines) is 1. The highest BCUT2D eigenvalue weighted by Gasteiger charge is 2.58. The first-order chi connectivity index (χ1) is 13.2. The second kappa shape index (κ2) is 8.29. The van der Waals surface area contributed by atoms with E-state index in [1.165, 1.54) is 0 Å². The van der Waals surface area contributed by atoms with E-state index in [0.717, 1.165) is 29.0 Å². The molecule has 1 aliphatic heterocycles. The van der Waals surface area contributed by atoms with E-state index in [-0.39, 0.29) is 5.91 Å². The third-order valence-corrected chi connectivity index (χ3v) is 7.04. The maximum absolute atomic E-state index is 13.9. The van der Waals surface area contributed by atoms with Crippen molar-refractivity contribution in [3.8, 4) is 0 Å². The summed E-state index contributed by atoms with van der Waals surface area (Å²) in [7, 11) is 0. The van der Waals surface area contributed by atoms with Crippen LogP contribution >= 0.6 is 11.3 Å². The van der Waals surface area contributed by atoms with Gasteiger partial charge >= 0.3 is 6.09 Å². The summed E-state index contributed by atoms with van der Waals surface area (Å²) in [5.41, 5.74) is -0.128. The van der Waals surface area contributed by atoms with E-state index >= 15 is 0 Å². The first kappa shape index (κ1) is 23.7. The summed E-state index contributed by atoms with van der Waals surface area (Å²) in [6.45, 7) is 18.4. The fourth-order valence-corrected chi connectivity index (χ4v) is 5.09. The lowest BCUT2D eigenvalue weighted by molar-refractivity contribution is -0.142. The van der Waals surface area contributed by atoms with Gasteiger partial charge in [-0.2, -0.15) is 0 Å². The number of amides is 2. The molecule has 0 spiro atoms. The average molecular weight is 423 g/mol. The molecule has 1 aliphatic rings. The lowest BCUT2D eigenvalue weighted by Gasteiger charge is -2.54. The molecule has 2 amide bonds. The minimum absolute atomic E-state index is 0.112. The van der Waals surface area contributed by atoms with E-state index in [1.807, 2.05) is 34.6 Å². The fourth-order valence-electron chi connectivity index (χ4n) is 4.29. The Balaban J connectivity index is 2.54. The van der Waals surface area contributed by atoms with Crippen LogP contribution in [-0.2, 0) is 9.53 Å². The maximum atomic E-state index is 13.9. The molecule has 2 rings (SSSR count). The molecule has 2 heterocycles. The molecule has 0 unspecified atom stereocenters. The van der Waals surface area contributed by atoms with Crippen molar-refractivity contribution >= 4 is 29.0 Å². The molecule has 29 heavy (non-hydrogen) atoms. The van der Waals surface area contributed by atoms with Gasteiger partial charge in [0.05, 0.1) is 5.69 Å². The maximum Gasteiger partial charge on any atom is 0.411 e. The number of carbonyl (C=O) groups excluding carboxylic acids is 2. The minimum atomic E-state index is -0.977. The van der Waals surface area contributed by atoms with Crippen LogP contribution in [0.2, 0.25) is 0 Å². The van der Waals surface area contributed by atoms with Gasteiger partial charge in [0.15, 0.2) is 0 Å². The summed E-state index contributed by atoms with van der Waals surface area (Å²) in [5, 5.41) is 5.24. The minimum Gasteiger partial charge on any atom is -0.444 e. The Morgan fingerprint density at radius 2 is 1.86 bits per heavy atom. The van der Waals surface area contributed by atoms with Crippen LogP contribution in [0.4, 0.5) is 10.5 Å². The van der Waals surface area contributed by atoms with Crippen molar-refractivity contribution in [2.75, 3.05) is 11.9 Å². The summed E-state index contributed by atoms with van der Waals surface area (Å²) >= 11 is 1.63. The molecule has 0 aliphatic carbocycles. The van der Waals surface area contributed by atoms with Gasteiger partial charge < -0.3 is 10.1 Å². The molecule has 1 aromatic rings. The Labute approximate surface area is 180 Å². The summed E-state index contributed by atoms with van der Waals surface area (Å²) in [6.07, 6.45) is 2.11. The van der Waals surface area contributed by atoms with E-state index in [1.54, 1.807) is 16.2 Å². The predicted octanol–water partition coefficient (Wildman–Crippen LogP) is 6.15. The van der Waals surface area contributed by atoms with Gasteiger partial charge in [0.25, 0.3) is 5.91 Å². The van der Waals surface area contributed by atoms with Crippen LogP contribution in [-0.4, -0.2) is 34.6 Å². The zero-order valence-electron chi connectivity index (χ0n) is 19.6. The first-order valence-corrected chi connectivity index (χ1v) is 11.5. The van der Waals surface area contributed by atoms with Gasteiger partial charge in [0, 0.05) is 11.4 Å². The van der Waals surface area contributed by atoms with Crippen LogP contribution in [0, 0.1) is 25.2 Å². The van der Waals surface area contributed by atoms with Gasteiger partial charge in [0.2, 0.25) is 0 Å². The number of rotatable bonds is 3. The standard InChI is InChI=1S/C23H38N2O3S/c1-10-17-11-12-25(20(27)28-22(7,8)9)23(13-17,21(4,5)6)19(26)24-18-15(2)14-29-16(18)3/h14,17H,10-13H2,1-9H3,(H,24,26)/t17-,23-/m1/s1. The zero-order valence-corrected chi connectivity index (χ0v) is 20.4. The van der Waals surface area contributed by atoms with Crippen molar-refractivity contribution in [2.45, 2.75) is 92.7 Å². The molecule has 5 nitrogen and oxygen atoms in total. The van der Waals surface area contributed by atoms with Crippen LogP contribution in [0.25, 0.3) is 0 Å². The molecule has 2 atom stereocenters. The summed E-state index contributed by atoms with van der Waals surface area (Å²) < 4.78 is 5.74. The Morgan fingerprint density at radius 1 is 1.24 bits per heavy atom. The van der Waals surface area contributed by atoms with Crippen molar-refractivity contribution in [3.63, 3.8) is 0 Å². The van der Waals surface area contributed by atoms with Gasteiger partial charge in [-0.3, -0.25) is 9.69 Å². The Morgan fingerprint density at radius 3 is 2.31 bits per heavy atom. The molecule has 1 N–H and O–H groups in total. The molecule has 0 radical (unpaired) electrons. The Bertz CT molecular complexity index is 738. The SMILES string of the molecule is CC[C@@H]1CCN(C(=O)OC(C)(C)C)[C@](C(=O)Nc2c(C)csc2C)(C(C)(C)C)C1. The average Bonchev–Trinajstić information content (AvgIpc) is 2.90. The highest BCUT2D eigenvalue weighted by Crippen LogP contribution is 2.47. The highest BCUT2D eigenvalue weighted by atomic mass is 32.1. The van der Waals surface area contributed by atoms with E-state index in [9.17, 15) is 9.59 Å². The number of nitrogens with zero attached hydrogens (tertiary/aromatic N) is 1. The monoisotopic (exact) mass is 422 g/mol. The number of carbonyl (C=O) groups is 2. The molecular weight excluding hydrogens is 384 g/mol. The molecule has 0 bridgehead atoms. The topological polar surface area (TPSA) is 58.6 Å². The van der Waals surface area contributed by atoms with Crippen LogP contribution in [0.3, 0.4) is 0 Å². The molecule has 1 saturated heterocycles. The number of nitrogens with one attached hydrogen (secondary N) is 1. The van der Waals surface area contributed by atoms with Crippen LogP contribution in [0.1, 0.15) is 78.2 Å². The van der Waals surface area contributed by atoms with Gasteiger partial charge in [-0.15, -0.1) is 11.3 Å². The molecule has 1 fully saturated rings. The quantitative estimate of drug-likeness (QED) is 0.636. The highest BCUT2D eigenvalue weighted by molar-refractivity contribution is 7.10. The van der Waals surface area contributed by atoms with Crippen LogP contribution in [0.15, 0.2) is 5.38 Å². The van der Waals surface area contributed by atoms with Crippen molar-refractivity contribution in [1.29, 1.82) is 0 Å². The van der Waals surface area contributed by atoms with Crippen molar-refractivity contribution in [1.82, 2.24) is 4.90 Å². The second-order valence-electron chi connectivity index (χ2n) is 10.3. The summed E-state index contributed by atoms with van der Waals surface area (Å²) in [5.74, 6) is 0.280. The van der Waals surface area contributed by atoms with Gasteiger partial charge in [0.1, 0.15) is 11.1 Å². The predicted molar refractivity (Wildman–Crippen MR) is 121 cm³/mol. The van der Waals surface area contributed by atoms with Crippen molar-refractivity contribution in [3.05, 3.63) is 15.8 Å². The summed E-state index contributed by atoms with van der Waals surface area (Å²) in [6, 6.07) is 0. The largest absolute Gasteiger partial charge is 0.444 e. The smallest absolute Gasteiger partial charge is 0.411 e. The molecule has 0 saturated carbocycles. The molecule has 0 aromatic carbocycles. The Kier molecular flexibility index (Phi) is 6.78. The van der Waals surface area contributed by atoms with Gasteiger partial charge in [-0.25, -0.2) is 4.79 Å². The van der Waals surface area contributed by atoms with E-state index in [0.29, 0.717) is 18.9 Å². The zero-order chi connectivity index (χ0) is 22.2. The number of thiophene rings is 1. The van der Waals surface area contributed by atoms with E-state index < -0.39 is 22.6 Å². The van der Waals surface area contributed by atoms with Crippen molar-refractivity contribution in [2.24, 2.45) is 11.3 Å². The second-order valence-corrected chi connectivity index (χ2v) is 11.4.